The number of piperidine rings is 1. The van der Waals surface area contributed by atoms with E-state index >= 15 is 0 Å². The average molecular weight is 307 g/mol. The number of amides is 2. The molecule has 2 amide bonds. The van der Waals surface area contributed by atoms with Crippen LogP contribution in [0.2, 0.25) is 0 Å². The maximum Gasteiger partial charge on any atom is 0.237 e. The lowest BCUT2D eigenvalue weighted by Gasteiger charge is -2.34. The predicted molar refractivity (Wildman–Crippen MR) is 85.3 cm³/mol. The molecule has 0 aromatic heterocycles. The van der Waals surface area contributed by atoms with Crippen LogP contribution in [-0.4, -0.2) is 48.9 Å². The third kappa shape index (κ3) is 3.80. The van der Waals surface area contributed by atoms with Gasteiger partial charge in [-0.25, -0.2) is 0 Å². The summed E-state index contributed by atoms with van der Waals surface area (Å²) in [5.41, 5.74) is 0. The van der Waals surface area contributed by atoms with Crippen molar-refractivity contribution in [3.05, 3.63) is 0 Å². The molecule has 22 heavy (non-hydrogen) atoms. The molecule has 5 nitrogen and oxygen atoms in total. The molecule has 0 aromatic rings. The lowest BCUT2D eigenvalue weighted by Crippen LogP contribution is -2.47. The summed E-state index contributed by atoms with van der Waals surface area (Å²) in [5.74, 6) is 1.20. The van der Waals surface area contributed by atoms with Crippen molar-refractivity contribution in [1.29, 1.82) is 0 Å². The van der Waals surface area contributed by atoms with Crippen molar-refractivity contribution in [2.45, 2.75) is 57.4 Å². The first-order valence-corrected chi connectivity index (χ1v) is 9.04. The van der Waals surface area contributed by atoms with E-state index in [4.69, 9.17) is 0 Å². The Balaban J connectivity index is 1.43. The Hall–Kier alpha value is -1.10. The topological polar surface area (TPSA) is 61.4 Å². The molecule has 2 atom stereocenters. The molecule has 3 fully saturated rings. The van der Waals surface area contributed by atoms with E-state index in [1.165, 1.54) is 12.8 Å². The molecule has 1 aliphatic carbocycles. The molecule has 5 heteroatoms. The molecule has 0 spiro atoms. The first-order chi connectivity index (χ1) is 10.7. The smallest absolute Gasteiger partial charge is 0.237 e. The highest BCUT2D eigenvalue weighted by molar-refractivity contribution is 5.82. The largest absolute Gasteiger partial charge is 0.354 e. The molecular formula is C17H29N3O2. The van der Waals surface area contributed by atoms with Crippen LogP contribution in [0.15, 0.2) is 0 Å². The summed E-state index contributed by atoms with van der Waals surface area (Å²) in [6.07, 6.45) is 8.78. The highest BCUT2D eigenvalue weighted by Crippen LogP contribution is 2.28. The molecule has 0 aromatic carbocycles. The Bertz CT molecular complexity index is 401. The Morgan fingerprint density at radius 3 is 2.59 bits per heavy atom. The summed E-state index contributed by atoms with van der Waals surface area (Å²) in [4.78, 5) is 26.6. The van der Waals surface area contributed by atoms with E-state index in [-0.39, 0.29) is 17.9 Å². The third-order valence-corrected chi connectivity index (χ3v) is 5.48. The third-order valence-electron chi connectivity index (χ3n) is 5.48. The average Bonchev–Trinajstić information content (AvgIpc) is 3.25. The van der Waals surface area contributed by atoms with Crippen molar-refractivity contribution in [1.82, 2.24) is 15.5 Å². The van der Waals surface area contributed by atoms with Crippen LogP contribution in [0.1, 0.15) is 51.4 Å². The maximum atomic E-state index is 12.5. The number of nitrogens with zero attached hydrogens (tertiary/aromatic N) is 1. The molecule has 2 N–H and O–H groups in total. The predicted octanol–water partition coefficient (Wildman–Crippen LogP) is 1.28. The van der Waals surface area contributed by atoms with Crippen LogP contribution in [0.3, 0.4) is 0 Å². The van der Waals surface area contributed by atoms with Crippen LogP contribution >= 0.6 is 0 Å². The van der Waals surface area contributed by atoms with Gasteiger partial charge >= 0.3 is 0 Å². The lowest BCUT2D eigenvalue weighted by atomic mass is 9.96. The second-order valence-electron chi connectivity index (χ2n) is 7.17. The van der Waals surface area contributed by atoms with Crippen molar-refractivity contribution in [3.63, 3.8) is 0 Å². The number of carbonyl (C=O) groups excluding carboxylic acids is 2. The minimum atomic E-state index is -0.000172. The normalized spacial score (nSPS) is 29.7. The molecule has 0 radical (unpaired) electrons. The molecule has 0 unspecified atom stereocenters. The summed E-state index contributed by atoms with van der Waals surface area (Å²) in [6.45, 7) is 3.40. The van der Waals surface area contributed by atoms with Crippen LogP contribution in [0.5, 0.6) is 0 Å². The minimum absolute atomic E-state index is 0.000172. The van der Waals surface area contributed by atoms with Gasteiger partial charge in [-0.1, -0.05) is 12.8 Å². The highest BCUT2D eigenvalue weighted by Gasteiger charge is 2.31. The SMILES string of the molecule is O=C(NC[C@@H]1CCCN(C(=O)C2CCCC2)C1)[C@@H]1CCCN1. The summed E-state index contributed by atoms with van der Waals surface area (Å²) in [7, 11) is 0. The van der Waals surface area contributed by atoms with Gasteiger partial charge in [0.25, 0.3) is 0 Å². The highest BCUT2D eigenvalue weighted by atomic mass is 16.2. The zero-order valence-electron chi connectivity index (χ0n) is 13.5. The van der Waals surface area contributed by atoms with Gasteiger partial charge in [-0.05, 0) is 51.0 Å². The number of rotatable bonds is 4. The van der Waals surface area contributed by atoms with Gasteiger partial charge in [0.2, 0.25) is 11.8 Å². The first kappa shape index (κ1) is 15.8. The number of hydrogen-bond donors (Lipinski definition) is 2. The molecule has 2 heterocycles. The molecule has 124 valence electrons. The van der Waals surface area contributed by atoms with E-state index in [2.05, 4.69) is 15.5 Å². The first-order valence-electron chi connectivity index (χ1n) is 9.04. The summed E-state index contributed by atoms with van der Waals surface area (Å²) in [6, 6.07) is -0.000172. The van der Waals surface area contributed by atoms with E-state index in [1.54, 1.807) is 0 Å². The number of likely N-dealkylation sites (tertiary alicyclic amines) is 1. The van der Waals surface area contributed by atoms with Crippen molar-refractivity contribution in [3.8, 4) is 0 Å². The second kappa shape index (κ2) is 7.44. The van der Waals surface area contributed by atoms with Crippen molar-refractivity contribution >= 4 is 11.8 Å². The van der Waals surface area contributed by atoms with Gasteiger partial charge < -0.3 is 15.5 Å². The molecule has 3 aliphatic rings. The second-order valence-corrected chi connectivity index (χ2v) is 7.17. The van der Waals surface area contributed by atoms with Crippen molar-refractivity contribution in [2.24, 2.45) is 11.8 Å². The van der Waals surface area contributed by atoms with E-state index in [9.17, 15) is 9.59 Å². The summed E-state index contributed by atoms with van der Waals surface area (Å²) >= 11 is 0. The molecular weight excluding hydrogens is 278 g/mol. The van der Waals surface area contributed by atoms with Gasteiger partial charge in [-0.2, -0.15) is 0 Å². The lowest BCUT2D eigenvalue weighted by molar-refractivity contribution is -0.137. The zero-order valence-corrected chi connectivity index (χ0v) is 13.5. The quantitative estimate of drug-likeness (QED) is 0.822. The van der Waals surface area contributed by atoms with Gasteiger partial charge in [-0.15, -0.1) is 0 Å². The molecule has 2 saturated heterocycles. The Morgan fingerprint density at radius 2 is 1.86 bits per heavy atom. The van der Waals surface area contributed by atoms with Gasteiger partial charge in [0.1, 0.15) is 0 Å². The fourth-order valence-electron chi connectivity index (χ4n) is 4.14. The number of nitrogens with one attached hydrogen (secondary N) is 2. The van der Waals surface area contributed by atoms with Gasteiger partial charge in [0, 0.05) is 25.6 Å². The Labute approximate surface area is 133 Å². The standard InChI is InChI=1S/C17H29N3O2/c21-16(15-8-3-9-18-15)19-11-13-5-4-10-20(12-13)17(22)14-6-1-2-7-14/h13-15,18H,1-12H2,(H,19,21)/t13-,15-/m0/s1. The van der Waals surface area contributed by atoms with Crippen LogP contribution in [0, 0.1) is 11.8 Å². The van der Waals surface area contributed by atoms with E-state index in [0.29, 0.717) is 18.4 Å². The van der Waals surface area contributed by atoms with Crippen LogP contribution in [0.4, 0.5) is 0 Å². The van der Waals surface area contributed by atoms with E-state index < -0.39 is 0 Å². The van der Waals surface area contributed by atoms with Gasteiger partial charge in [0.15, 0.2) is 0 Å². The maximum absolute atomic E-state index is 12.5. The Kier molecular flexibility index (Phi) is 5.34. The fourth-order valence-corrected chi connectivity index (χ4v) is 4.14. The van der Waals surface area contributed by atoms with Crippen LogP contribution < -0.4 is 10.6 Å². The molecule has 2 aliphatic heterocycles. The minimum Gasteiger partial charge on any atom is -0.354 e. The van der Waals surface area contributed by atoms with Gasteiger partial charge in [-0.3, -0.25) is 9.59 Å². The monoisotopic (exact) mass is 307 g/mol. The molecule has 3 rings (SSSR count). The molecule has 0 bridgehead atoms. The van der Waals surface area contributed by atoms with E-state index in [0.717, 1.165) is 58.2 Å². The number of hydrogen-bond acceptors (Lipinski definition) is 3. The Morgan fingerprint density at radius 1 is 1.05 bits per heavy atom. The van der Waals surface area contributed by atoms with Gasteiger partial charge in [0.05, 0.1) is 6.04 Å². The van der Waals surface area contributed by atoms with Crippen molar-refractivity contribution < 1.29 is 9.59 Å². The summed E-state index contributed by atoms with van der Waals surface area (Å²) in [5, 5.41) is 6.32. The number of carbonyl (C=O) groups is 2. The van der Waals surface area contributed by atoms with E-state index in [1.807, 2.05) is 0 Å². The fraction of sp³-hybridized carbons (Fsp3) is 0.882. The summed E-state index contributed by atoms with van der Waals surface area (Å²) < 4.78 is 0. The van der Waals surface area contributed by atoms with Crippen molar-refractivity contribution in [2.75, 3.05) is 26.2 Å². The van der Waals surface area contributed by atoms with Crippen LogP contribution in [0.25, 0.3) is 0 Å². The molecule has 1 saturated carbocycles. The van der Waals surface area contributed by atoms with Crippen LogP contribution in [-0.2, 0) is 9.59 Å². The zero-order chi connectivity index (χ0) is 15.4.